The number of carbonyl (C=O) groups is 1. The molecule has 2 aromatic carbocycles. The number of aliphatic imine (C=N–C) groups is 1. The number of carbonyl (C=O) groups excluding carboxylic acids is 1. The SMILES string of the molecule is COCCN(C)C/C=C/C(=O)N1CCC(N=C(N)c2c(Oc3ccc(Oc4ccccc4)cc3)ccnc2N)C1. The van der Waals surface area contributed by atoms with Crippen LogP contribution in [0.2, 0.25) is 0 Å². The van der Waals surface area contributed by atoms with Crippen LogP contribution in [0.3, 0.4) is 0 Å². The Bertz CT molecular complexity index is 1310. The van der Waals surface area contributed by atoms with Crippen LogP contribution >= 0.6 is 0 Å². The minimum atomic E-state index is -0.149. The molecule has 2 heterocycles. The van der Waals surface area contributed by atoms with E-state index in [9.17, 15) is 4.79 Å². The summed E-state index contributed by atoms with van der Waals surface area (Å²) in [7, 11) is 3.65. The molecule has 1 unspecified atom stereocenters. The number of nitrogen functional groups attached to an aromatic ring is 1. The number of hydrogen-bond acceptors (Lipinski definition) is 8. The second kappa shape index (κ2) is 14.1. The van der Waals surface area contributed by atoms with Gasteiger partial charge in [0.2, 0.25) is 5.91 Å². The molecule has 3 aromatic rings. The quantitative estimate of drug-likeness (QED) is 0.201. The molecule has 0 radical (unpaired) electrons. The third kappa shape index (κ3) is 8.05. The number of anilines is 1. The number of nitrogens with two attached hydrogens (primary N) is 2. The molecule has 1 saturated heterocycles. The first-order valence-electron chi connectivity index (χ1n) is 13.1. The summed E-state index contributed by atoms with van der Waals surface area (Å²) in [5, 5.41) is 0. The lowest BCUT2D eigenvalue weighted by molar-refractivity contribution is -0.125. The van der Waals surface area contributed by atoms with Gasteiger partial charge in [-0.05, 0) is 49.9 Å². The number of likely N-dealkylation sites (tertiary alicyclic amines) is 1. The fourth-order valence-corrected chi connectivity index (χ4v) is 4.22. The van der Waals surface area contributed by atoms with Gasteiger partial charge in [0, 0.05) is 51.6 Å². The molecule has 0 aliphatic carbocycles. The highest BCUT2D eigenvalue weighted by molar-refractivity contribution is 6.04. The van der Waals surface area contributed by atoms with E-state index >= 15 is 0 Å². The van der Waals surface area contributed by atoms with Crippen LogP contribution in [-0.2, 0) is 9.53 Å². The van der Waals surface area contributed by atoms with E-state index in [4.69, 9.17) is 25.7 Å². The number of hydrogen-bond donors (Lipinski definition) is 2. The van der Waals surface area contributed by atoms with Crippen LogP contribution in [0.5, 0.6) is 23.0 Å². The molecule has 1 fully saturated rings. The summed E-state index contributed by atoms with van der Waals surface area (Å²) in [4.78, 5) is 25.3. The highest BCUT2D eigenvalue weighted by atomic mass is 16.5. The predicted molar refractivity (Wildman–Crippen MR) is 156 cm³/mol. The van der Waals surface area contributed by atoms with E-state index in [-0.39, 0.29) is 23.6 Å². The lowest BCUT2D eigenvalue weighted by Gasteiger charge is -2.16. The van der Waals surface area contributed by atoms with Crippen LogP contribution in [0.4, 0.5) is 5.82 Å². The van der Waals surface area contributed by atoms with Gasteiger partial charge >= 0.3 is 0 Å². The number of amides is 1. The fourth-order valence-electron chi connectivity index (χ4n) is 4.22. The van der Waals surface area contributed by atoms with E-state index in [1.54, 1.807) is 42.5 Å². The number of amidine groups is 1. The summed E-state index contributed by atoms with van der Waals surface area (Å²) in [5.74, 6) is 2.85. The molecule has 0 spiro atoms. The summed E-state index contributed by atoms with van der Waals surface area (Å²) in [5.41, 5.74) is 13.0. The van der Waals surface area contributed by atoms with Crippen molar-refractivity contribution in [1.82, 2.24) is 14.8 Å². The van der Waals surface area contributed by atoms with Gasteiger partial charge in [-0.15, -0.1) is 0 Å². The highest BCUT2D eigenvalue weighted by Crippen LogP contribution is 2.30. The Morgan fingerprint density at radius 3 is 2.52 bits per heavy atom. The van der Waals surface area contributed by atoms with Crippen molar-refractivity contribution >= 4 is 17.6 Å². The fraction of sp³-hybridized carbons (Fsp3) is 0.300. The zero-order chi connectivity index (χ0) is 28.3. The van der Waals surface area contributed by atoms with Crippen LogP contribution in [0.15, 0.2) is 84.0 Å². The average Bonchev–Trinajstić information content (AvgIpc) is 3.42. The van der Waals surface area contributed by atoms with Crippen LogP contribution < -0.4 is 20.9 Å². The van der Waals surface area contributed by atoms with E-state index in [1.165, 1.54) is 0 Å². The Kier molecular flexibility index (Phi) is 10.1. The summed E-state index contributed by atoms with van der Waals surface area (Å²) >= 11 is 0. The largest absolute Gasteiger partial charge is 0.457 e. The number of aromatic nitrogens is 1. The molecule has 10 nitrogen and oxygen atoms in total. The molecule has 4 rings (SSSR count). The van der Waals surface area contributed by atoms with E-state index in [0.717, 1.165) is 12.3 Å². The Morgan fingerprint density at radius 2 is 1.80 bits per heavy atom. The van der Waals surface area contributed by atoms with E-state index in [1.807, 2.05) is 55.6 Å². The zero-order valence-corrected chi connectivity index (χ0v) is 22.9. The first-order chi connectivity index (χ1) is 19.4. The maximum Gasteiger partial charge on any atom is 0.246 e. The number of nitrogens with zero attached hydrogens (tertiary/aromatic N) is 4. The molecule has 40 heavy (non-hydrogen) atoms. The average molecular weight is 545 g/mol. The number of rotatable bonds is 12. The van der Waals surface area contributed by atoms with Crippen molar-refractivity contribution in [2.75, 3.05) is 52.7 Å². The second-order valence-corrected chi connectivity index (χ2v) is 9.46. The second-order valence-electron chi connectivity index (χ2n) is 9.46. The van der Waals surface area contributed by atoms with Gasteiger partial charge in [0.25, 0.3) is 0 Å². The molecule has 4 N–H and O–H groups in total. The number of likely N-dealkylation sites (N-methyl/N-ethyl adjacent to an activating group) is 1. The van der Waals surface area contributed by atoms with Crippen LogP contribution in [0, 0.1) is 0 Å². The molecular weight excluding hydrogens is 508 g/mol. The van der Waals surface area contributed by atoms with Gasteiger partial charge in [0.15, 0.2) is 0 Å². The third-order valence-corrected chi connectivity index (χ3v) is 6.38. The maximum absolute atomic E-state index is 12.6. The van der Waals surface area contributed by atoms with Crippen molar-refractivity contribution in [3.63, 3.8) is 0 Å². The first-order valence-corrected chi connectivity index (χ1v) is 13.1. The highest BCUT2D eigenvalue weighted by Gasteiger charge is 2.26. The van der Waals surface area contributed by atoms with Crippen molar-refractivity contribution in [1.29, 1.82) is 0 Å². The third-order valence-electron chi connectivity index (χ3n) is 6.38. The smallest absolute Gasteiger partial charge is 0.246 e. The Labute approximate surface area is 234 Å². The number of para-hydroxylation sites is 1. The van der Waals surface area contributed by atoms with Crippen LogP contribution in [0.25, 0.3) is 0 Å². The molecule has 1 amide bonds. The molecule has 0 saturated carbocycles. The van der Waals surface area contributed by atoms with Gasteiger partial charge in [-0.2, -0.15) is 0 Å². The molecule has 0 bridgehead atoms. The molecule has 1 aliphatic rings. The Balaban J connectivity index is 1.38. The van der Waals surface area contributed by atoms with Gasteiger partial charge in [-0.1, -0.05) is 24.3 Å². The number of benzene rings is 2. The minimum absolute atomic E-state index is 0.0407. The molecule has 1 atom stereocenters. The topological polar surface area (TPSA) is 129 Å². The van der Waals surface area contributed by atoms with Crippen LogP contribution in [0.1, 0.15) is 12.0 Å². The minimum Gasteiger partial charge on any atom is -0.457 e. The molecule has 1 aliphatic heterocycles. The number of ether oxygens (including phenoxy) is 3. The zero-order valence-electron chi connectivity index (χ0n) is 22.9. The van der Waals surface area contributed by atoms with Gasteiger partial charge in [0.1, 0.15) is 40.2 Å². The van der Waals surface area contributed by atoms with Crippen molar-refractivity contribution in [2.45, 2.75) is 12.5 Å². The van der Waals surface area contributed by atoms with Crippen molar-refractivity contribution in [3.8, 4) is 23.0 Å². The standard InChI is InChI=1S/C30H36N6O4/c1-35(19-20-38-2)17-6-9-27(37)36-18-15-22(21-36)34-30(32)28-26(14-16-33-29(28)31)40-25-12-10-24(11-13-25)39-23-7-4-3-5-8-23/h3-14,16,22H,15,17-21H2,1-2H3,(H2,31,33)(H2,32,34)/b9-6+. The summed E-state index contributed by atoms with van der Waals surface area (Å²) in [6.45, 7) is 3.20. The first kappa shape index (κ1) is 28.6. The molecule has 210 valence electrons. The number of pyridine rings is 1. The Morgan fingerprint density at radius 1 is 1.10 bits per heavy atom. The number of methoxy groups -OCH3 is 1. The van der Waals surface area contributed by atoms with Gasteiger partial charge in [-0.3, -0.25) is 9.79 Å². The van der Waals surface area contributed by atoms with Gasteiger partial charge in [-0.25, -0.2) is 4.98 Å². The summed E-state index contributed by atoms with van der Waals surface area (Å²) < 4.78 is 17.0. The molecular formula is C30H36N6O4. The van der Waals surface area contributed by atoms with E-state index in [2.05, 4.69) is 14.9 Å². The van der Waals surface area contributed by atoms with Gasteiger partial charge in [0.05, 0.1) is 12.6 Å². The van der Waals surface area contributed by atoms with Gasteiger partial charge < -0.3 is 35.5 Å². The summed E-state index contributed by atoms with van der Waals surface area (Å²) in [6, 6.07) is 18.3. The lowest BCUT2D eigenvalue weighted by atomic mass is 10.2. The predicted octanol–water partition coefficient (Wildman–Crippen LogP) is 3.69. The van der Waals surface area contributed by atoms with E-state index in [0.29, 0.717) is 55.5 Å². The molecule has 1 aromatic heterocycles. The van der Waals surface area contributed by atoms with Crippen LogP contribution in [-0.4, -0.2) is 79.5 Å². The molecule has 10 heteroatoms. The monoisotopic (exact) mass is 544 g/mol. The van der Waals surface area contributed by atoms with Crippen molar-refractivity contribution in [3.05, 3.63) is 84.6 Å². The lowest BCUT2D eigenvalue weighted by Crippen LogP contribution is -2.29. The van der Waals surface area contributed by atoms with E-state index < -0.39 is 0 Å². The van der Waals surface area contributed by atoms with Crippen molar-refractivity contribution in [2.24, 2.45) is 10.7 Å². The van der Waals surface area contributed by atoms with Crippen molar-refractivity contribution < 1.29 is 19.0 Å². The maximum atomic E-state index is 12.6. The Hall–Kier alpha value is -4.41. The summed E-state index contributed by atoms with van der Waals surface area (Å²) in [6.07, 6.45) is 5.74. The normalized spacial score (nSPS) is 15.6.